The van der Waals surface area contributed by atoms with E-state index in [2.05, 4.69) is 5.32 Å². The van der Waals surface area contributed by atoms with Crippen LogP contribution in [0.3, 0.4) is 0 Å². The summed E-state index contributed by atoms with van der Waals surface area (Å²) in [6.07, 6.45) is 0. The number of nitro groups is 1. The Kier molecular flexibility index (Phi) is 3.80. The van der Waals surface area contributed by atoms with E-state index in [0.29, 0.717) is 12.4 Å². The van der Waals surface area contributed by atoms with E-state index in [1.807, 2.05) is 25.1 Å². The summed E-state index contributed by atoms with van der Waals surface area (Å²) in [4.78, 5) is 11.9. The summed E-state index contributed by atoms with van der Waals surface area (Å²) in [5, 5.41) is 22.4. The van der Waals surface area contributed by atoms with Crippen molar-refractivity contribution in [1.82, 2.24) is 4.90 Å². The van der Waals surface area contributed by atoms with Gasteiger partial charge in [-0.1, -0.05) is 0 Å². The first-order chi connectivity index (χ1) is 7.54. The minimum Gasteiger partial charge on any atom is -0.371 e. The van der Waals surface area contributed by atoms with Crippen LogP contribution in [0.5, 0.6) is 0 Å². The molecule has 0 spiro atoms. The van der Waals surface area contributed by atoms with Crippen LogP contribution < -0.4 is 5.32 Å². The first kappa shape index (κ1) is 11.9. The largest absolute Gasteiger partial charge is 0.371 e. The molecule has 6 nitrogen and oxygen atoms in total. The standard InChI is InChI=1S/C10H12N4O2/c1-13(2)7-12-10-4-3-9(14(15)16)5-8(10)6-11/h3-5,12H,7H2,1-2H3. The van der Waals surface area contributed by atoms with Gasteiger partial charge in [0.1, 0.15) is 6.07 Å². The molecule has 84 valence electrons. The maximum atomic E-state index is 10.5. The van der Waals surface area contributed by atoms with Gasteiger partial charge in [0.25, 0.3) is 5.69 Å². The van der Waals surface area contributed by atoms with Gasteiger partial charge in [-0.2, -0.15) is 5.26 Å². The van der Waals surface area contributed by atoms with Gasteiger partial charge in [0, 0.05) is 12.1 Å². The summed E-state index contributed by atoms with van der Waals surface area (Å²) in [5.41, 5.74) is 0.796. The van der Waals surface area contributed by atoms with Crippen molar-refractivity contribution in [2.24, 2.45) is 0 Å². The van der Waals surface area contributed by atoms with Gasteiger partial charge in [-0.25, -0.2) is 0 Å². The normalized spacial score (nSPS) is 9.88. The number of non-ortho nitro benzene ring substituents is 1. The third-order valence-electron chi connectivity index (χ3n) is 1.92. The highest BCUT2D eigenvalue weighted by atomic mass is 16.6. The van der Waals surface area contributed by atoms with E-state index >= 15 is 0 Å². The van der Waals surface area contributed by atoms with Crippen LogP contribution in [0.1, 0.15) is 5.56 Å². The predicted molar refractivity (Wildman–Crippen MR) is 60.0 cm³/mol. The minimum atomic E-state index is -0.517. The number of nitrogens with zero attached hydrogens (tertiary/aromatic N) is 3. The fourth-order valence-corrected chi connectivity index (χ4v) is 1.14. The van der Waals surface area contributed by atoms with Crippen molar-refractivity contribution in [3.63, 3.8) is 0 Å². The molecule has 0 heterocycles. The predicted octanol–water partition coefficient (Wildman–Crippen LogP) is 1.40. The molecular weight excluding hydrogens is 208 g/mol. The second-order valence-electron chi connectivity index (χ2n) is 3.51. The van der Waals surface area contributed by atoms with Gasteiger partial charge in [-0.15, -0.1) is 0 Å². The Hall–Kier alpha value is -2.13. The average molecular weight is 220 g/mol. The molecule has 0 saturated heterocycles. The Bertz CT molecular complexity index is 437. The molecule has 6 heteroatoms. The van der Waals surface area contributed by atoms with E-state index in [1.165, 1.54) is 12.1 Å². The lowest BCUT2D eigenvalue weighted by molar-refractivity contribution is -0.384. The fourth-order valence-electron chi connectivity index (χ4n) is 1.14. The second-order valence-corrected chi connectivity index (χ2v) is 3.51. The Labute approximate surface area is 93.2 Å². The summed E-state index contributed by atoms with van der Waals surface area (Å²) in [6, 6.07) is 6.11. The monoisotopic (exact) mass is 220 g/mol. The van der Waals surface area contributed by atoms with Crippen LogP contribution in [0.25, 0.3) is 0 Å². The summed E-state index contributed by atoms with van der Waals surface area (Å²) >= 11 is 0. The molecule has 0 bridgehead atoms. The van der Waals surface area contributed by atoms with Crippen LogP contribution in [-0.2, 0) is 0 Å². The highest BCUT2D eigenvalue weighted by Crippen LogP contribution is 2.21. The van der Waals surface area contributed by atoms with E-state index in [0.717, 1.165) is 0 Å². The molecule has 1 rings (SSSR count). The molecule has 0 amide bonds. The molecule has 0 radical (unpaired) electrons. The highest BCUT2D eigenvalue weighted by molar-refractivity contribution is 5.61. The quantitative estimate of drug-likeness (QED) is 0.471. The highest BCUT2D eigenvalue weighted by Gasteiger charge is 2.10. The van der Waals surface area contributed by atoms with Crippen LogP contribution in [0.4, 0.5) is 11.4 Å². The first-order valence-corrected chi connectivity index (χ1v) is 4.61. The molecule has 0 saturated carbocycles. The molecule has 16 heavy (non-hydrogen) atoms. The maximum absolute atomic E-state index is 10.5. The van der Waals surface area contributed by atoms with Gasteiger partial charge in [0.15, 0.2) is 0 Å². The van der Waals surface area contributed by atoms with E-state index in [9.17, 15) is 10.1 Å². The smallest absolute Gasteiger partial charge is 0.270 e. The van der Waals surface area contributed by atoms with Crippen molar-refractivity contribution < 1.29 is 4.92 Å². The van der Waals surface area contributed by atoms with Crippen molar-refractivity contribution in [3.05, 3.63) is 33.9 Å². The van der Waals surface area contributed by atoms with E-state index in [4.69, 9.17) is 5.26 Å². The van der Waals surface area contributed by atoms with Gasteiger partial charge in [-0.3, -0.25) is 15.0 Å². The number of hydrogen-bond acceptors (Lipinski definition) is 5. The van der Waals surface area contributed by atoms with Crippen molar-refractivity contribution in [2.45, 2.75) is 0 Å². The Morgan fingerprint density at radius 1 is 1.56 bits per heavy atom. The number of nitrogens with one attached hydrogen (secondary N) is 1. The fraction of sp³-hybridized carbons (Fsp3) is 0.300. The van der Waals surface area contributed by atoms with Crippen LogP contribution in [0.2, 0.25) is 0 Å². The molecular formula is C10H12N4O2. The zero-order valence-electron chi connectivity index (χ0n) is 9.10. The molecule has 0 aliphatic rings. The maximum Gasteiger partial charge on any atom is 0.270 e. The molecule has 0 atom stereocenters. The number of rotatable bonds is 4. The van der Waals surface area contributed by atoms with Gasteiger partial charge in [0.05, 0.1) is 22.8 Å². The lowest BCUT2D eigenvalue weighted by Crippen LogP contribution is -2.20. The van der Waals surface area contributed by atoms with Crippen LogP contribution in [0.15, 0.2) is 18.2 Å². The van der Waals surface area contributed by atoms with Crippen molar-refractivity contribution in [1.29, 1.82) is 5.26 Å². The summed E-state index contributed by atoms with van der Waals surface area (Å²) in [5.74, 6) is 0. The number of nitriles is 1. The van der Waals surface area contributed by atoms with Crippen LogP contribution >= 0.6 is 0 Å². The molecule has 0 aliphatic heterocycles. The lowest BCUT2D eigenvalue weighted by Gasteiger charge is -2.12. The summed E-state index contributed by atoms with van der Waals surface area (Å²) < 4.78 is 0. The molecule has 0 unspecified atom stereocenters. The Balaban J connectivity index is 2.94. The van der Waals surface area contributed by atoms with Gasteiger partial charge in [0.2, 0.25) is 0 Å². The number of anilines is 1. The lowest BCUT2D eigenvalue weighted by atomic mass is 10.2. The molecule has 0 aromatic heterocycles. The number of nitro benzene ring substituents is 1. The van der Waals surface area contributed by atoms with Crippen molar-refractivity contribution in [2.75, 3.05) is 26.1 Å². The Morgan fingerprint density at radius 3 is 2.75 bits per heavy atom. The van der Waals surface area contributed by atoms with E-state index in [1.54, 1.807) is 6.07 Å². The minimum absolute atomic E-state index is 0.0769. The first-order valence-electron chi connectivity index (χ1n) is 4.61. The Morgan fingerprint density at radius 2 is 2.25 bits per heavy atom. The molecule has 1 N–H and O–H groups in total. The van der Waals surface area contributed by atoms with Crippen LogP contribution in [0, 0.1) is 21.4 Å². The zero-order valence-corrected chi connectivity index (χ0v) is 9.10. The van der Waals surface area contributed by atoms with Gasteiger partial charge >= 0.3 is 0 Å². The van der Waals surface area contributed by atoms with Crippen molar-refractivity contribution >= 4 is 11.4 Å². The molecule has 0 aliphatic carbocycles. The average Bonchev–Trinajstić information content (AvgIpc) is 2.25. The number of hydrogen-bond donors (Lipinski definition) is 1. The third-order valence-corrected chi connectivity index (χ3v) is 1.92. The summed E-state index contributed by atoms with van der Waals surface area (Å²) in [7, 11) is 3.76. The topological polar surface area (TPSA) is 82.2 Å². The van der Waals surface area contributed by atoms with E-state index in [-0.39, 0.29) is 11.3 Å². The number of benzene rings is 1. The van der Waals surface area contributed by atoms with E-state index < -0.39 is 4.92 Å². The zero-order chi connectivity index (χ0) is 12.1. The SMILES string of the molecule is CN(C)CNc1ccc([N+](=O)[O-])cc1C#N. The molecule has 1 aromatic carbocycles. The molecule has 1 aromatic rings. The third kappa shape index (κ3) is 2.93. The van der Waals surface area contributed by atoms with Gasteiger partial charge in [-0.05, 0) is 20.2 Å². The van der Waals surface area contributed by atoms with Crippen LogP contribution in [-0.4, -0.2) is 30.6 Å². The molecule has 0 fully saturated rings. The second kappa shape index (κ2) is 5.09. The summed E-state index contributed by atoms with van der Waals surface area (Å²) in [6.45, 7) is 0.562. The van der Waals surface area contributed by atoms with Crippen molar-refractivity contribution in [3.8, 4) is 6.07 Å². The van der Waals surface area contributed by atoms with Gasteiger partial charge < -0.3 is 5.32 Å².